The summed E-state index contributed by atoms with van der Waals surface area (Å²) in [5, 5.41) is 9.43. The number of alkyl halides is 2. The van der Waals surface area contributed by atoms with Crippen molar-refractivity contribution in [2.75, 3.05) is 6.61 Å². The lowest BCUT2D eigenvalue weighted by atomic mass is 10.3. The predicted octanol–water partition coefficient (Wildman–Crippen LogP) is 1.46. The maximum Gasteiger partial charge on any atom is 0.273 e. The Kier molecular flexibility index (Phi) is 2.15. The highest BCUT2D eigenvalue weighted by Crippen LogP contribution is 2.15. The van der Waals surface area contributed by atoms with Crippen molar-refractivity contribution in [3.05, 3.63) is 0 Å². The van der Waals surface area contributed by atoms with Crippen molar-refractivity contribution in [3.8, 4) is 0 Å². The fraction of sp³-hybridized carbons (Fsp3) is 1.00. The minimum absolute atomic E-state index is 0.351. The Morgan fingerprint density at radius 2 is 2.00 bits per heavy atom. The highest BCUT2D eigenvalue weighted by atomic mass is 19.3. The summed E-state index contributed by atoms with van der Waals surface area (Å²) in [6.45, 7) is 0.00139. The first-order valence-corrected chi connectivity index (χ1v) is 2.08. The first-order valence-electron chi connectivity index (χ1n) is 2.08. The molecular formula is C4H7F2O. The van der Waals surface area contributed by atoms with Crippen molar-refractivity contribution in [2.45, 2.75) is 19.3 Å². The summed E-state index contributed by atoms with van der Waals surface area (Å²) in [5.74, 6) is -2.97. The summed E-state index contributed by atoms with van der Waals surface area (Å²) in [6, 6.07) is 0. The Balaban J connectivity index is 3.36. The van der Waals surface area contributed by atoms with Crippen molar-refractivity contribution < 1.29 is 13.9 Å². The van der Waals surface area contributed by atoms with Crippen molar-refractivity contribution in [1.82, 2.24) is 0 Å². The molecule has 0 aliphatic carbocycles. The summed E-state index contributed by atoms with van der Waals surface area (Å²) in [6.07, 6.45) is -0.351. The topological polar surface area (TPSA) is 19.9 Å². The van der Waals surface area contributed by atoms with E-state index in [1.807, 2.05) is 0 Å². The zero-order valence-electron chi connectivity index (χ0n) is 4.08. The van der Waals surface area contributed by atoms with Crippen molar-refractivity contribution in [2.24, 2.45) is 0 Å². The molecule has 0 amide bonds. The van der Waals surface area contributed by atoms with Gasteiger partial charge in [0.05, 0.1) is 0 Å². The maximum atomic E-state index is 11.6. The molecule has 0 rings (SSSR count). The Bertz CT molecular complexity index is 47.7. The monoisotopic (exact) mass is 109 g/mol. The SMILES string of the molecule is CCC(F)(F)C[O]. The molecule has 1 radical (unpaired) electrons. The van der Waals surface area contributed by atoms with Crippen molar-refractivity contribution in [1.29, 1.82) is 0 Å². The normalized spacial score (nSPS) is 12.0. The quantitative estimate of drug-likeness (QED) is 0.511. The van der Waals surface area contributed by atoms with Crippen LogP contribution in [0.2, 0.25) is 0 Å². The summed E-state index contributed by atoms with van der Waals surface area (Å²) < 4.78 is 23.1. The van der Waals surface area contributed by atoms with Gasteiger partial charge in [0.25, 0.3) is 5.92 Å². The van der Waals surface area contributed by atoms with Crippen LogP contribution < -0.4 is 0 Å². The summed E-state index contributed by atoms with van der Waals surface area (Å²) in [4.78, 5) is 0. The Hall–Kier alpha value is -0.180. The molecule has 1 nitrogen and oxygen atoms in total. The Labute approximate surface area is 41.0 Å². The molecule has 0 heterocycles. The molecule has 0 aliphatic rings. The van der Waals surface area contributed by atoms with E-state index in [4.69, 9.17) is 0 Å². The van der Waals surface area contributed by atoms with E-state index in [0.717, 1.165) is 0 Å². The third-order valence-corrected chi connectivity index (χ3v) is 0.728. The molecule has 0 N–H and O–H groups in total. The summed E-state index contributed by atoms with van der Waals surface area (Å²) in [7, 11) is 0. The second-order valence-corrected chi connectivity index (χ2v) is 1.35. The van der Waals surface area contributed by atoms with Gasteiger partial charge in [-0.15, -0.1) is 0 Å². The maximum absolute atomic E-state index is 11.6. The van der Waals surface area contributed by atoms with Crippen LogP contribution in [-0.4, -0.2) is 12.5 Å². The first kappa shape index (κ1) is 6.82. The fourth-order valence-corrected chi connectivity index (χ4v) is 0.102. The zero-order valence-corrected chi connectivity index (χ0v) is 4.08. The van der Waals surface area contributed by atoms with Crippen LogP contribution in [0.3, 0.4) is 0 Å². The van der Waals surface area contributed by atoms with Crippen LogP contribution in [0, 0.1) is 0 Å². The smallest absolute Gasteiger partial charge is 0.230 e. The van der Waals surface area contributed by atoms with Gasteiger partial charge in [0.1, 0.15) is 6.61 Å². The van der Waals surface area contributed by atoms with E-state index in [9.17, 15) is 13.9 Å². The number of rotatable bonds is 2. The lowest BCUT2D eigenvalue weighted by molar-refractivity contribution is -0.0744. The molecule has 7 heavy (non-hydrogen) atoms. The van der Waals surface area contributed by atoms with Crippen LogP contribution in [0.15, 0.2) is 0 Å². The molecule has 0 aromatic carbocycles. The van der Waals surface area contributed by atoms with Crippen LogP contribution in [0.1, 0.15) is 13.3 Å². The highest BCUT2D eigenvalue weighted by molar-refractivity contribution is 4.58. The zero-order chi connectivity index (χ0) is 5.91. The lowest BCUT2D eigenvalue weighted by Crippen LogP contribution is -2.18. The second-order valence-electron chi connectivity index (χ2n) is 1.35. The average Bonchev–Trinajstić information content (AvgIpc) is 1.68. The van der Waals surface area contributed by atoms with Crippen LogP contribution in [0.5, 0.6) is 0 Å². The average molecular weight is 109 g/mol. The van der Waals surface area contributed by atoms with Gasteiger partial charge in [-0.05, 0) is 0 Å². The molecule has 0 unspecified atom stereocenters. The molecule has 0 fully saturated rings. The predicted molar refractivity (Wildman–Crippen MR) is 20.8 cm³/mol. The van der Waals surface area contributed by atoms with E-state index in [-0.39, 0.29) is 6.42 Å². The van der Waals surface area contributed by atoms with E-state index in [1.165, 1.54) is 6.92 Å². The molecule has 43 valence electrons. The van der Waals surface area contributed by atoms with E-state index in [0.29, 0.717) is 0 Å². The van der Waals surface area contributed by atoms with Crippen LogP contribution in [0.4, 0.5) is 8.78 Å². The highest BCUT2D eigenvalue weighted by Gasteiger charge is 2.24. The second kappa shape index (κ2) is 2.21. The summed E-state index contributed by atoms with van der Waals surface area (Å²) >= 11 is 0. The summed E-state index contributed by atoms with van der Waals surface area (Å²) in [5.41, 5.74) is 0. The third kappa shape index (κ3) is 2.51. The molecule has 0 saturated heterocycles. The lowest BCUT2D eigenvalue weighted by Gasteiger charge is -2.05. The molecule has 0 bridgehead atoms. The minimum Gasteiger partial charge on any atom is -0.230 e. The number of hydrogen-bond donors (Lipinski definition) is 0. The molecule has 0 aliphatic heterocycles. The fourth-order valence-electron chi connectivity index (χ4n) is 0.102. The molecule has 3 heteroatoms. The number of hydrogen-bond acceptors (Lipinski definition) is 0. The third-order valence-electron chi connectivity index (χ3n) is 0.728. The van der Waals surface area contributed by atoms with Crippen molar-refractivity contribution >= 4 is 0 Å². The first-order chi connectivity index (χ1) is 3.12. The molecule has 0 spiro atoms. The van der Waals surface area contributed by atoms with Crippen molar-refractivity contribution in [3.63, 3.8) is 0 Å². The largest absolute Gasteiger partial charge is 0.273 e. The standard InChI is InChI=1S/C4H7F2O/c1-2-4(5,6)3-7/h2-3H2,1H3. The molecule has 0 atom stereocenters. The van der Waals surface area contributed by atoms with E-state index in [2.05, 4.69) is 0 Å². The van der Waals surface area contributed by atoms with Gasteiger partial charge in [-0.3, -0.25) is 0 Å². The van der Waals surface area contributed by atoms with E-state index in [1.54, 1.807) is 0 Å². The van der Waals surface area contributed by atoms with E-state index >= 15 is 0 Å². The molecule has 0 aromatic heterocycles. The molecule has 0 saturated carbocycles. The van der Waals surface area contributed by atoms with Gasteiger partial charge in [0.2, 0.25) is 0 Å². The van der Waals surface area contributed by atoms with Crippen LogP contribution in [0.25, 0.3) is 0 Å². The minimum atomic E-state index is -2.97. The van der Waals surface area contributed by atoms with Gasteiger partial charge in [-0.1, -0.05) is 6.92 Å². The van der Waals surface area contributed by atoms with Gasteiger partial charge in [-0.25, -0.2) is 13.9 Å². The van der Waals surface area contributed by atoms with Crippen LogP contribution >= 0.6 is 0 Å². The Morgan fingerprint density at radius 3 is 2.00 bits per heavy atom. The van der Waals surface area contributed by atoms with Gasteiger partial charge >= 0.3 is 0 Å². The van der Waals surface area contributed by atoms with E-state index < -0.39 is 12.5 Å². The van der Waals surface area contributed by atoms with Gasteiger partial charge in [0.15, 0.2) is 0 Å². The molecule has 0 aromatic rings. The molecular weight excluding hydrogens is 102 g/mol. The van der Waals surface area contributed by atoms with Gasteiger partial charge in [0, 0.05) is 6.42 Å². The van der Waals surface area contributed by atoms with Gasteiger partial charge < -0.3 is 0 Å². The van der Waals surface area contributed by atoms with Gasteiger partial charge in [-0.2, -0.15) is 0 Å². The van der Waals surface area contributed by atoms with Crippen LogP contribution in [-0.2, 0) is 5.11 Å². The Morgan fingerprint density at radius 1 is 1.57 bits per heavy atom. The number of halogens is 2.